The van der Waals surface area contributed by atoms with Crippen LogP contribution in [0.3, 0.4) is 0 Å². The van der Waals surface area contributed by atoms with Crippen molar-refractivity contribution in [2.45, 2.75) is 0 Å². The number of aliphatic hydroxyl groups excluding tert-OH is 1. The van der Waals surface area contributed by atoms with Crippen LogP contribution in [-0.2, 0) is 9.31 Å². The normalized spacial score (nSPS) is 11.4. The number of ether oxygens (including phenoxy) is 1. The van der Waals surface area contributed by atoms with Gasteiger partial charge in [-0.2, -0.15) is 0 Å². The number of hydrogen-bond acceptors (Lipinski definition) is 3. The van der Waals surface area contributed by atoms with E-state index < -0.39 is 6.61 Å². The van der Waals surface area contributed by atoms with Gasteiger partial charge in [0, 0.05) is 0 Å². The van der Waals surface area contributed by atoms with Gasteiger partial charge in [-0.3, -0.25) is 4.58 Å². The van der Waals surface area contributed by atoms with Crippen LogP contribution < -0.4 is 5.26 Å². The first kappa shape index (κ1) is 6.23. The lowest BCUT2D eigenvalue weighted by Gasteiger charge is -1.84. The largest absolute Gasteiger partial charge is 0.588 e. The average molecular weight is 106 g/mol. The molecule has 0 saturated carbocycles. The monoisotopic (exact) mass is 106 g/mol. The zero-order valence-electron chi connectivity index (χ0n) is 3.88. The number of aliphatic hydroxyl groups is 1. The van der Waals surface area contributed by atoms with Gasteiger partial charge in [0.25, 0.3) is 0 Å². The van der Waals surface area contributed by atoms with Gasteiger partial charge in [0.1, 0.15) is 0 Å². The van der Waals surface area contributed by atoms with Crippen LogP contribution in [0.25, 0.3) is 0 Å². The molecule has 42 valence electrons. The van der Waals surface area contributed by atoms with Gasteiger partial charge in [0.05, 0.1) is 0 Å². The van der Waals surface area contributed by atoms with Crippen LogP contribution >= 0.6 is 0 Å². The molecule has 0 unspecified atom stereocenters. The van der Waals surface area contributed by atoms with Crippen LogP contribution in [0.2, 0.25) is 0 Å². The lowest BCUT2D eigenvalue weighted by Crippen LogP contribution is -2.15. The van der Waals surface area contributed by atoms with E-state index in [4.69, 9.17) is 5.11 Å². The first-order valence-electron chi connectivity index (χ1n) is 1.65. The summed E-state index contributed by atoms with van der Waals surface area (Å²) in [6.45, 7) is -0.486. The molecule has 0 amide bonds. The van der Waals surface area contributed by atoms with Crippen LogP contribution in [-0.4, -0.2) is 24.8 Å². The van der Waals surface area contributed by atoms with E-state index in [1.54, 1.807) is 0 Å². The molecule has 4 nitrogen and oxygen atoms in total. The van der Waals surface area contributed by atoms with E-state index in [9.17, 15) is 5.26 Å². The van der Waals surface area contributed by atoms with Crippen LogP contribution in [0, 0.1) is 0 Å². The van der Waals surface area contributed by atoms with E-state index in [1.165, 1.54) is 7.11 Å². The summed E-state index contributed by atoms with van der Waals surface area (Å²) >= 11 is 0. The van der Waals surface area contributed by atoms with Crippen LogP contribution in [0.5, 0.6) is 0 Å². The molecular formula is C3H6O4. The maximum Gasteiger partial charge on any atom is 0.523 e. The molecule has 0 radical (unpaired) electrons. The summed E-state index contributed by atoms with van der Waals surface area (Å²) < 4.78 is 7.42. The van der Waals surface area contributed by atoms with Crippen LogP contribution in [0.4, 0.5) is 0 Å². The topological polar surface area (TPSA) is 63.8 Å². The minimum Gasteiger partial charge on any atom is -0.588 e. The van der Waals surface area contributed by atoms with Gasteiger partial charge in [0.2, 0.25) is 0 Å². The summed E-state index contributed by atoms with van der Waals surface area (Å²) in [5, 5.41) is 17.3. The number of hydrogen-bond donors (Lipinski definition) is 1. The molecule has 0 rings (SSSR count). The van der Waals surface area contributed by atoms with E-state index in [1.807, 2.05) is 0 Å². The zero-order valence-corrected chi connectivity index (χ0v) is 3.88. The Labute approximate surface area is 40.6 Å². The molecule has 0 aliphatic heterocycles. The number of carbonyl (C=O) groups excluding carboxylic acids is 1. The maximum atomic E-state index is 9.27. The molecular weight excluding hydrogens is 100 g/mol. The molecule has 7 heavy (non-hydrogen) atoms. The van der Waals surface area contributed by atoms with Gasteiger partial charge in [0.15, 0.2) is 13.7 Å². The van der Waals surface area contributed by atoms with Gasteiger partial charge in [-0.15, -0.1) is 0 Å². The van der Waals surface area contributed by atoms with E-state index in [-0.39, 0.29) is 5.97 Å². The molecule has 0 aromatic carbocycles. The SMILES string of the molecule is COC(CO)=[O+][O-]. The minimum absolute atomic E-state index is 0.319. The van der Waals surface area contributed by atoms with Crippen molar-refractivity contribution in [3.8, 4) is 0 Å². The summed E-state index contributed by atoms with van der Waals surface area (Å²) in [4.78, 5) is 0. The second-order valence-corrected chi connectivity index (χ2v) is 0.818. The first-order valence-corrected chi connectivity index (χ1v) is 1.65. The van der Waals surface area contributed by atoms with E-state index in [2.05, 4.69) is 9.31 Å². The van der Waals surface area contributed by atoms with Crippen molar-refractivity contribution >= 4 is 5.97 Å². The first-order chi connectivity index (χ1) is 3.35. The maximum absolute atomic E-state index is 9.27. The summed E-state index contributed by atoms with van der Waals surface area (Å²) in [6.07, 6.45) is 0. The molecule has 0 aliphatic carbocycles. The number of rotatable bonds is 1. The smallest absolute Gasteiger partial charge is 0.523 e. The Bertz CT molecular complexity index is 61.3. The van der Waals surface area contributed by atoms with Crippen molar-refractivity contribution in [3.63, 3.8) is 0 Å². The van der Waals surface area contributed by atoms with Gasteiger partial charge >= 0.3 is 5.97 Å². The lowest BCUT2D eigenvalue weighted by atomic mass is 10.8. The molecule has 0 heterocycles. The van der Waals surface area contributed by atoms with E-state index >= 15 is 0 Å². The molecule has 0 aromatic heterocycles. The molecule has 4 heteroatoms. The summed E-state index contributed by atoms with van der Waals surface area (Å²) in [5.41, 5.74) is 0. The fraction of sp³-hybridized carbons (Fsp3) is 0.667. The fourth-order valence-electron chi connectivity index (χ4n) is 0.125. The van der Waals surface area contributed by atoms with Gasteiger partial charge in [-0.05, 0) is 0 Å². The Kier molecular flexibility index (Phi) is 3.04. The van der Waals surface area contributed by atoms with Gasteiger partial charge in [-0.25, -0.2) is 0 Å². The Morgan fingerprint density at radius 1 is 2.00 bits per heavy atom. The van der Waals surface area contributed by atoms with Gasteiger partial charge < -0.3 is 15.1 Å². The van der Waals surface area contributed by atoms with Crippen LogP contribution in [0.1, 0.15) is 0 Å². The van der Waals surface area contributed by atoms with Crippen molar-refractivity contribution in [1.82, 2.24) is 0 Å². The van der Waals surface area contributed by atoms with Crippen molar-refractivity contribution in [1.29, 1.82) is 0 Å². The third-order valence-electron chi connectivity index (χ3n) is 0.450. The minimum atomic E-state index is -0.486. The number of methoxy groups -OCH3 is 1. The summed E-state index contributed by atoms with van der Waals surface area (Å²) in [6, 6.07) is 0. The van der Waals surface area contributed by atoms with Crippen molar-refractivity contribution in [3.05, 3.63) is 0 Å². The predicted molar refractivity (Wildman–Crippen MR) is 19.1 cm³/mol. The van der Waals surface area contributed by atoms with Crippen LogP contribution in [0.15, 0.2) is 0 Å². The van der Waals surface area contributed by atoms with Crippen molar-refractivity contribution in [2.75, 3.05) is 13.7 Å². The summed E-state index contributed by atoms with van der Waals surface area (Å²) in [5.74, 6) is -0.319. The highest BCUT2D eigenvalue weighted by Gasteiger charge is 2.04. The highest BCUT2D eigenvalue weighted by Crippen LogP contribution is 1.66. The standard InChI is InChI=1S/C3H6O4/c1-6-3(2-4)7-5/h4H,2H2,1H3. The fourth-order valence-corrected chi connectivity index (χ4v) is 0.125. The molecule has 1 N–H and O–H groups in total. The Morgan fingerprint density at radius 3 is 2.57 bits per heavy atom. The summed E-state index contributed by atoms with van der Waals surface area (Å²) in [7, 11) is 1.24. The quantitative estimate of drug-likeness (QED) is 0.181. The molecule has 0 atom stereocenters. The zero-order chi connectivity index (χ0) is 5.70. The third kappa shape index (κ3) is 1.99. The average Bonchev–Trinajstić information content (AvgIpc) is 1.72. The highest BCUT2D eigenvalue weighted by atomic mass is 17.1. The molecule has 0 saturated heterocycles. The Hall–Kier alpha value is -0.770. The van der Waals surface area contributed by atoms with Crippen molar-refractivity contribution in [2.24, 2.45) is 0 Å². The van der Waals surface area contributed by atoms with Gasteiger partial charge in [-0.1, -0.05) is 0 Å². The Morgan fingerprint density at radius 2 is 2.57 bits per heavy atom. The second-order valence-electron chi connectivity index (χ2n) is 0.818. The Balaban J connectivity index is 3.38. The molecule has 0 spiro atoms. The molecule has 0 bridgehead atoms. The highest BCUT2D eigenvalue weighted by molar-refractivity contribution is 5.70. The third-order valence-corrected chi connectivity index (χ3v) is 0.450. The van der Waals surface area contributed by atoms with E-state index in [0.717, 1.165) is 0 Å². The molecule has 0 fully saturated rings. The molecule has 0 aliphatic rings. The molecule has 0 aromatic rings. The van der Waals surface area contributed by atoms with Crippen molar-refractivity contribution < 1.29 is 19.7 Å². The predicted octanol–water partition coefficient (Wildman–Crippen LogP) is -2.04. The number of esters is 1. The second kappa shape index (κ2) is 3.42. The van der Waals surface area contributed by atoms with E-state index in [0.29, 0.717) is 0 Å². The lowest BCUT2D eigenvalue weighted by molar-refractivity contribution is -1.05.